The van der Waals surface area contributed by atoms with Crippen LogP contribution < -0.4 is 0 Å². The molecule has 0 heterocycles. The van der Waals surface area contributed by atoms with E-state index < -0.39 is 0 Å². The maximum absolute atomic E-state index is 10.3. The molecule has 0 aliphatic carbocycles. The molecule has 0 bridgehead atoms. The Bertz CT molecular complexity index is 997. The number of fused-ring (bicyclic) bond motifs is 2. The summed E-state index contributed by atoms with van der Waals surface area (Å²) in [7, 11) is 0. The van der Waals surface area contributed by atoms with Crippen molar-refractivity contribution in [3.8, 4) is 22.6 Å². The highest BCUT2D eigenvalue weighted by atomic mass is 16.3. The lowest BCUT2D eigenvalue weighted by Crippen LogP contribution is -1.85. The zero-order valence-electron chi connectivity index (χ0n) is 11.8. The van der Waals surface area contributed by atoms with E-state index in [1.807, 2.05) is 54.6 Å². The van der Waals surface area contributed by atoms with Crippen LogP contribution in [0.2, 0.25) is 0 Å². The first kappa shape index (κ1) is 12.7. The summed E-state index contributed by atoms with van der Waals surface area (Å²) < 4.78 is 0. The van der Waals surface area contributed by atoms with Crippen molar-refractivity contribution in [2.75, 3.05) is 0 Å². The quantitative estimate of drug-likeness (QED) is 0.513. The lowest BCUT2D eigenvalue weighted by atomic mass is 9.93. The predicted octanol–water partition coefficient (Wildman–Crippen LogP) is 5.07. The summed E-state index contributed by atoms with van der Waals surface area (Å²) in [6.07, 6.45) is 0. The van der Waals surface area contributed by atoms with Crippen molar-refractivity contribution in [1.29, 1.82) is 0 Å². The van der Waals surface area contributed by atoms with Crippen LogP contribution in [0.5, 0.6) is 11.5 Å². The molecule has 106 valence electrons. The van der Waals surface area contributed by atoms with E-state index in [-0.39, 0.29) is 11.5 Å². The molecule has 0 radical (unpaired) electrons. The third kappa shape index (κ3) is 1.89. The van der Waals surface area contributed by atoms with Crippen LogP contribution in [0.1, 0.15) is 0 Å². The van der Waals surface area contributed by atoms with Gasteiger partial charge in [0, 0.05) is 5.39 Å². The van der Waals surface area contributed by atoms with Gasteiger partial charge in [-0.3, -0.25) is 0 Å². The Morgan fingerprint density at radius 1 is 0.591 bits per heavy atom. The molecule has 4 rings (SSSR count). The van der Waals surface area contributed by atoms with Crippen LogP contribution in [0.25, 0.3) is 32.7 Å². The molecule has 0 aliphatic rings. The van der Waals surface area contributed by atoms with Crippen LogP contribution >= 0.6 is 0 Å². The van der Waals surface area contributed by atoms with Crippen LogP contribution in [0, 0.1) is 0 Å². The summed E-state index contributed by atoms with van der Waals surface area (Å²) in [5, 5.41) is 24.2. The highest BCUT2D eigenvalue weighted by molar-refractivity contribution is 6.08. The van der Waals surface area contributed by atoms with Gasteiger partial charge in [0.1, 0.15) is 11.5 Å². The van der Waals surface area contributed by atoms with Gasteiger partial charge in [-0.25, -0.2) is 0 Å². The summed E-state index contributed by atoms with van der Waals surface area (Å²) in [4.78, 5) is 0. The normalized spacial score (nSPS) is 11.1. The summed E-state index contributed by atoms with van der Waals surface area (Å²) in [5.74, 6) is 0.474. The fourth-order valence-electron chi connectivity index (χ4n) is 3.06. The minimum absolute atomic E-state index is 0.223. The number of hydrogen-bond donors (Lipinski definition) is 2. The van der Waals surface area contributed by atoms with Gasteiger partial charge in [-0.2, -0.15) is 0 Å². The number of hydrogen-bond acceptors (Lipinski definition) is 2. The van der Waals surface area contributed by atoms with Crippen LogP contribution in [-0.2, 0) is 0 Å². The second-order valence-electron chi connectivity index (χ2n) is 5.40. The van der Waals surface area contributed by atoms with E-state index in [9.17, 15) is 10.2 Å². The Morgan fingerprint density at radius 2 is 1.32 bits per heavy atom. The molecule has 2 heteroatoms. The summed E-state index contributed by atoms with van der Waals surface area (Å²) in [6.45, 7) is 0. The standard InChI is InChI=1S/C20H14O2/c21-15-11-14-5-1-2-8-16(14)18(12-15)17-9-3-6-13-7-4-10-19(22)20(13)17/h1-12,21-22H. The van der Waals surface area contributed by atoms with Crippen molar-refractivity contribution >= 4 is 21.5 Å². The molecule has 2 N–H and O–H groups in total. The van der Waals surface area contributed by atoms with Crippen LogP contribution in [-0.4, -0.2) is 10.2 Å². The first-order valence-corrected chi connectivity index (χ1v) is 7.17. The van der Waals surface area contributed by atoms with E-state index in [1.165, 1.54) is 0 Å². The summed E-state index contributed by atoms with van der Waals surface area (Å²) in [6, 6.07) is 22.9. The topological polar surface area (TPSA) is 40.5 Å². The van der Waals surface area contributed by atoms with Crippen LogP contribution in [0.3, 0.4) is 0 Å². The van der Waals surface area contributed by atoms with Gasteiger partial charge in [0.2, 0.25) is 0 Å². The lowest BCUT2D eigenvalue weighted by molar-refractivity contribution is 0.476. The molecule has 4 aromatic rings. The number of aromatic hydroxyl groups is 2. The molecule has 0 fully saturated rings. The van der Waals surface area contributed by atoms with Crippen molar-refractivity contribution in [3.63, 3.8) is 0 Å². The van der Waals surface area contributed by atoms with E-state index in [1.54, 1.807) is 18.2 Å². The Morgan fingerprint density at radius 3 is 2.18 bits per heavy atom. The summed E-state index contributed by atoms with van der Waals surface area (Å²) in [5.41, 5.74) is 1.84. The largest absolute Gasteiger partial charge is 0.508 e. The van der Waals surface area contributed by atoms with Crippen molar-refractivity contribution < 1.29 is 10.2 Å². The van der Waals surface area contributed by atoms with Gasteiger partial charge in [0.05, 0.1) is 0 Å². The minimum Gasteiger partial charge on any atom is -0.508 e. The Hall–Kier alpha value is -3.00. The fraction of sp³-hybridized carbons (Fsp3) is 0. The van der Waals surface area contributed by atoms with Crippen molar-refractivity contribution in [1.82, 2.24) is 0 Å². The van der Waals surface area contributed by atoms with Gasteiger partial charge in [-0.1, -0.05) is 54.6 Å². The first-order chi connectivity index (χ1) is 10.7. The molecule has 0 aliphatic heterocycles. The van der Waals surface area contributed by atoms with Gasteiger partial charge in [-0.15, -0.1) is 0 Å². The molecule has 0 amide bonds. The lowest BCUT2D eigenvalue weighted by Gasteiger charge is -2.12. The maximum Gasteiger partial charge on any atom is 0.124 e. The van der Waals surface area contributed by atoms with E-state index in [0.717, 1.165) is 32.7 Å². The Labute approximate surface area is 127 Å². The number of rotatable bonds is 1. The second kappa shape index (κ2) is 4.78. The second-order valence-corrected chi connectivity index (χ2v) is 5.40. The third-order valence-corrected chi connectivity index (χ3v) is 4.02. The van der Waals surface area contributed by atoms with Gasteiger partial charge < -0.3 is 10.2 Å². The van der Waals surface area contributed by atoms with Gasteiger partial charge >= 0.3 is 0 Å². The summed E-state index contributed by atoms with van der Waals surface area (Å²) >= 11 is 0. The Balaban J connectivity index is 2.17. The Kier molecular flexibility index (Phi) is 2.76. The van der Waals surface area contributed by atoms with E-state index >= 15 is 0 Å². The predicted molar refractivity (Wildman–Crippen MR) is 90.2 cm³/mol. The molecule has 0 saturated heterocycles. The van der Waals surface area contributed by atoms with Crippen molar-refractivity contribution in [3.05, 3.63) is 72.8 Å². The fourth-order valence-corrected chi connectivity index (χ4v) is 3.06. The number of phenolic OH excluding ortho intramolecular Hbond substituents is 2. The molecule has 22 heavy (non-hydrogen) atoms. The van der Waals surface area contributed by atoms with Gasteiger partial charge in [0.25, 0.3) is 0 Å². The number of phenols is 2. The number of benzene rings is 4. The first-order valence-electron chi connectivity index (χ1n) is 7.17. The maximum atomic E-state index is 10.3. The molecule has 0 atom stereocenters. The highest BCUT2D eigenvalue weighted by Gasteiger charge is 2.11. The van der Waals surface area contributed by atoms with E-state index in [4.69, 9.17) is 0 Å². The van der Waals surface area contributed by atoms with Crippen LogP contribution in [0.15, 0.2) is 72.8 Å². The zero-order valence-corrected chi connectivity index (χ0v) is 11.8. The van der Waals surface area contributed by atoms with Gasteiger partial charge in [0.15, 0.2) is 0 Å². The monoisotopic (exact) mass is 286 g/mol. The molecule has 2 nitrogen and oxygen atoms in total. The van der Waals surface area contributed by atoms with Gasteiger partial charge in [-0.05, 0) is 45.5 Å². The minimum atomic E-state index is 0.223. The van der Waals surface area contributed by atoms with E-state index in [0.29, 0.717) is 0 Å². The average molecular weight is 286 g/mol. The highest BCUT2D eigenvalue weighted by Crippen LogP contribution is 2.39. The van der Waals surface area contributed by atoms with E-state index in [2.05, 4.69) is 0 Å². The molecular formula is C20H14O2. The molecular weight excluding hydrogens is 272 g/mol. The molecule has 0 saturated carbocycles. The molecule has 0 spiro atoms. The smallest absolute Gasteiger partial charge is 0.124 e. The zero-order chi connectivity index (χ0) is 15.1. The average Bonchev–Trinajstić information content (AvgIpc) is 2.54. The third-order valence-electron chi connectivity index (χ3n) is 4.02. The molecule has 4 aromatic carbocycles. The molecule has 0 unspecified atom stereocenters. The van der Waals surface area contributed by atoms with Crippen molar-refractivity contribution in [2.45, 2.75) is 0 Å². The molecule has 0 aromatic heterocycles. The SMILES string of the molecule is Oc1cc(-c2cccc3cccc(O)c23)c2ccccc2c1. The van der Waals surface area contributed by atoms with Crippen molar-refractivity contribution in [2.24, 2.45) is 0 Å². The van der Waals surface area contributed by atoms with Crippen LogP contribution in [0.4, 0.5) is 0 Å².